The Kier molecular flexibility index (Phi) is 6.24. The first-order chi connectivity index (χ1) is 16.2. The molecule has 33 heavy (non-hydrogen) atoms. The zero-order chi connectivity index (χ0) is 22.6. The molecule has 0 aliphatic carbocycles. The van der Waals surface area contributed by atoms with Gasteiger partial charge >= 0.3 is 0 Å². The summed E-state index contributed by atoms with van der Waals surface area (Å²) in [6.45, 7) is 3.74. The number of furan rings is 1. The van der Waals surface area contributed by atoms with E-state index in [1.54, 1.807) is 24.7 Å². The highest BCUT2D eigenvalue weighted by molar-refractivity contribution is 7.13. The number of benzene rings is 2. The number of rotatable bonds is 6. The van der Waals surface area contributed by atoms with E-state index in [2.05, 4.69) is 10.3 Å². The van der Waals surface area contributed by atoms with Crippen LogP contribution in [0.4, 0.5) is 0 Å². The van der Waals surface area contributed by atoms with E-state index in [9.17, 15) is 4.79 Å². The summed E-state index contributed by atoms with van der Waals surface area (Å²) in [5, 5.41) is 3.12. The number of nitrogens with zero attached hydrogens (tertiary/aromatic N) is 3. The first kappa shape index (κ1) is 21.4. The van der Waals surface area contributed by atoms with E-state index in [1.807, 2.05) is 65.6 Å². The highest BCUT2D eigenvalue weighted by atomic mass is 32.1. The predicted octanol–water partition coefficient (Wildman–Crippen LogP) is 5.04. The predicted molar refractivity (Wildman–Crippen MR) is 129 cm³/mol. The van der Waals surface area contributed by atoms with E-state index in [0.29, 0.717) is 18.8 Å². The van der Waals surface area contributed by atoms with E-state index in [4.69, 9.17) is 14.1 Å². The van der Waals surface area contributed by atoms with Crippen molar-refractivity contribution in [3.05, 3.63) is 83.8 Å². The Balaban J connectivity index is 1.19. The summed E-state index contributed by atoms with van der Waals surface area (Å²) in [5.74, 6) is 1.21. The van der Waals surface area contributed by atoms with Gasteiger partial charge in [-0.15, -0.1) is 11.3 Å². The first-order valence-electron chi connectivity index (χ1n) is 10.9. The average molecular weight is 460 g/mol. The molecule has 3 heterocycles. The number of hydrogen-bond acceptors (Lipinski definition) is 6. The molecule has 1 aliphatic rings. The highest BCUT2D eigenvalue weighted by Crippen LogP contribution is 2.28. The molecule has 1 saturated heterocycles. The summed E-state index contributed by atoms with van der Waals surface area (Å²) in [6, 6.07) is 19.7. The molecule has 6 nitrogen and oxygen atoms in total. The number of aromatic nitrogens is 1. The molecule has 2 aromatic heterocycles. The summed E-state index contributed by atoms with van der Waals surface area (Å²) < 4.78 is 10.8. The summed E-state index contributed by atoms with van der Waals surface area (Å²) in [5.41, 5.74) is 3.99. The number of thiazole rings is 1. The van der Waals surface area contributed by atoms with Crippen LogP contribution in [0, 0.1) is 0 Å². The molecule has 0 spiro atoms. The lowest BCUT2D eigenvalue weighted by atomic mass is 10.1. The monoisotopic (exact) mass is 459 g/mol. The third-order valence-corrected chi connectivity index (χ3v) is 6.82. The summed E-state index contributed by atoms with van der Waals surface area (Å²) >= 11 is 1.65. The van der Waals surface area contributed by atoms with Gasteiger partial charge in [0.1, 0.15) is 10.8 Å². The van der Waals surface area contributed by atoms with Gasteiger partial charge in [-0.25, -0.2) is 4.98 Å². The van der Waals surface area contributed by atoms with Crippen LogP contribution >= 0.6 is 11.3 Å². The maximum Gasteiger partial charge on any atom is 0.290 e. The van der Waals surface area contributed by atoms with Gasteiger partial charge in [-0.2, -0.15) is 0 Å². The minimum Gasteiger partial charge on any atom is -0.497 e. The Morgan fingerprint density at radius 1 is 1.00 bits per heavy atom. The van der Waals surface area contributed by atoms with Crippen LogP contribution in [0.1, 0.15) is 16.2 Å². The van der Waals surface area contributed by atoms with Gasteiger partial charge in [0.2, 0.25) is 0 Å². The van der Waals surface area contributed by atoms with E-state index < -0.39 is 0 Å². The number of hydrogen-bond donors (Lipinski definition) is 0. The van der Waals surface area contributed by atoms with Gasteiger partial charge in [0.25, 0.3) is 5.91 Å². The summed E-state index contributed by atoms with van der Waals surface area (Å²) in [4.78, 5) is 22.2. The lowest BCUT2D eigenvalue weighted by Crippen LogP contribution is -2.48. The van der Waals surface area contributed by atoms with Crippen LogP contribution in [-0.4, -0.2) is 54.0 Å². The van der Waals surface area contributed by atoms with Crippen LogP contribution in [0.2, 0.25) is 0 Å². The van der Waals surface area contributed by atoms with Crippen molar-refractivity contribution in [1.82, 2.24) is 14.8 Å². The Labute approximate surface area is 197 Å². The lowest BCUT2D eigenvalue weighted by molar-refractivity contribution is 0.0597. The molecule has 0 bridgehead atoms. The van der Waals surface area contributed by atoms with Gasteiger partial charge in [-0.3, -0.25) is 9.69 Å². The second-order valence-corrected chi connectivity index (χ2v) is 8.83. The molecule has 0 saturated carbocycles. The quantitative estimate of drug-likeness (QED) is 0.404. The van der Waals surface area contributed by atoms with Gasteiger partial charge in [0, 0.05) is 49.2 Å². The van der Waals surface area contributed by atoms with Crippen molar-refractivity contribution >= 4 is 17.2 Å². The van der Waals surface area contributed by atoms with E-state index in [1.165, 1.54) is 0 Å². The number of methoxy groups -OCH3 is 1. The number of ether oxygens (including phenoxy) is 1. The molecule has 1 aliphatic heterocycles. The van der Waals surface area contributed by atoms with Gasteiger partial charge < -0.3 is 14.1 Å². The maximum atomic E-state index is 13.1. The summed E-state index contributed by atoms with van der Waals surface area (Å²) in [6.07, 6.45) is 1.59. The Hall–Kier alpha value is -3.42. The number of piperazine rings is 1. The molecule has 168 valence electrons. The zero-order valence-electron chi connectivity index (χ0n) is 18.4. The average Bonchev–Trinajstić information content (AvgIpc) is 3.55. The molecule has 5 rings (SSSR count). The minimum atomic E-state index is -0.0473. The van der Waals surface area contributed by atoms with Gasteiger partial charge in [0.05, 0.1) is 19.1 Å². The number of carbonyl (C=O) groups excluding carboxylic acids is 1. The molecule has 0 radical (unpaired) electrons. The van der Waals surface area contributed by atoms with Crippen molar-refractivity contribution in [3.63, 3.8) is 0 Å². The van der Waals surface area contributed by atoms with Crippen molar-refractivity contribution in [3.8, 4) is 27.4 Å². The van der Waals surface area contributed by atoms with Crippen LogP contribution in [0.3, 0.4) is 0 Å². The molecule has 1 amide bonds. The minimum absolute atomic E-state index is 0.0473. The van der Waals surface area contributed by atoms with Crippen molar-refractivity contribution in [1.29, 1.82) is 0 Å². The Morgan fingerprint density at radius 2 is 1.76 bits per heavy atom. The summed E-state index contributed by atoms with van der Waals surface area (Å²) in [7, 11) is 1.67. The number of carbonyl (C=O) groups is 1. The molecule has 7 heteroatoms. The first-order valence-corrected chi connectivity index (χ1v) is 11.8. The van der Waals surface area contributed by atoms with E-state index >= 15 is 0 Å². The van der Waals surface area contributed by atoms with Crippen molar-refractivity contribution in [2.45, 2.75) is 6.54 Å². The van der Waals surface area contributed by atoms with Gasteiger partial charge in [-0.05, 0) is 35.9 Å². The molecule has 4 aromatic rings. The smallest absolute Gasteiger partial charge is 0.290 e. The van der Waals surface area contributed by atoms with Crippen molar-refractivity contribution in [2.75, 3.05) is 33.3 Å². The maximum absolute atomic E-state index is 13.1. The van der Waals surface area contributed by atoms with E-state index in [-0.39, 0.29) is 5.91 Å². The van der Waals surface area contributed by atoms with Crippen molar-refractivity contribution < 1.29 is 13.9 Å². The molecular formula is C26H25N3O3S. The van der Waals surface area contributed by atoms with Crippen LogP contribution in [0.15, 0.2) is 76.7 Å². The molecular weight excluding hydrogens is 434 g/mol. The third kappa shape index (κ3) is 4.69. The van der Waals surface area contributed by atoms with Crippen LogP contribution in [-0.2, 0) is 6.54 Å². The fraction of sp³-hybridized carbons (Fsp3) is 0.231. The largest absolute Gasteiger partial charge is 0.497 e. The SMILES string of the molecule is COc1ccc(-c2nc(CN3CCN(C(=O)c4occc4-c4ccccc4)CC3)cs2)cc1. The van der Waals surface area contributed by atoms with Crippen LogP contribution in [0.5, 0.6) is 5.75 Å². The van der Waals surface area contributed by atoms with Gasteiger partial charge in [-0.1, -0.05) is 30.3 Å². The van der Waals surface area contributed by atoms with E-state index in [0.717, 1.165) is 52.8 Å². The molecule has 0 N–H and O–H groups in total. The second-order valence-electron chi connectivity index (χ2n) is 7.97. The topological polar surface area (TPSA) is 58.8 Å². The van der Waals surface area contributed by atoms with Crippen LogP contribution in [0.25, 0.3) is 21.7 Å². The molecule has 0 atom stereocenters. The fourth-order valence-corrected chi connectivity index (χ4v) is 4.86. The Bertz CT molecular complexity index is 1210. The Morgan fingerprint density at radius 3 is 2.48 bits per heavy atom. The highest BCUT2D eigenvalue weighted by Gasteiger charge is 2.26. The molecule has 0 unspecified atom stereocenters. The standard InChI is InChI=1S/C26H25N3O3S/c1-31-22-9-7-20(8-10-22)25-27-21(18-33-25)17-28-12-14-29(15-13-28)26(30)24-23(11-16-32-24)19-5-3-2-4-6-19/h2-11,16,18H,12-15,17H2,1H3. The zero-order valence-corrected chi connectivity index (χ0v) is 19.3. The van der Waals surface area contributed by atoms with Crippen molar-refractivity contribution in [2.24, 2.45) is 0 Å². The number of amides is 1. The normalized spacial score (nSPS) is 14.4. The lowest BCUT2D eigenvalue weighted by Gasteiger charge is -2.34. The molecule has 2 aromatic carbocycles. The van der Waals surface area contributed by atoms with Gasteiger partial charge in [0.15, 0.2) is 5.76 Å². The fourth-order valence-electron chi connectivity index (χ4n) is 4.05. The van der Waals surface area contributed by atoms with Crippen LogP contribution < -0.4 is 4.74 Å². The molecule has 1 fully saturated rings. The third-order valence-electron chi connectivity index (χ3n) is 5.88. The second kappa shape index (κ2) is 9.60.